The number of carbonyl (C=O) groups excluding carboxylic acids is 2. The van der Waals surface area contributed by atoms with Crippen LogP contribution >= 0.6 is 0 Å². The van der Waals surface area contributed by atoms with Gasteiger partial charge >= 0.3 is 49.7 Å². The Morgan fingerprint density at radius 1 is 0.743 bits per heavy atom. The molecule has 0 heterocycles. The first kappa shape index (κ1) is 34.4. The van der Waals surface area contributed by atoms with Crippen molar-refractivity contribution in [2.75, 3.05) is 6.61 Å². The maximum Gasteiger partial charge on any atom is 2.00 e. The minimum absolute atomic E-state index is 0. The molecule has 0 atom stereocenters. The van der Waals surface area contributed by atoms with Crippen molar-refractivity contribution in [3.05, 3.63) is 35.9 Å². The summed E-state index contributed by atoms with van der Waals surface area (Å²) in [4.78, 5) is 33.8. The van der Waals surface area contributed by atoms with Crippen LogP contribution < -0.4 is 0 Å². The first-order valence-corrected chi connectivity index (χ1v) is 13.6. The van der Waals surface area contributed by atoms with E-state index in [1.54, 1.807) is 38.1 Å². The number of benzene rings is 1. The first-order valence-electron chi connectivity index (χ1n) is 13.6. The van der Waals surface area contributed by atoms with Gasteiger partial charge in [-0.2, -0.15) is 4.89 Å². The Hall–Kier alpha value is -0.620. The molecule has 1 aromatic rings. The van der Waals surface area contributed by atoms with E-state index in [1.807, 2.05) is 6.07 Å². The van der Waals surface area contributed by atoms with Crippen LogP contribution in [-0.4, -0.2) is 61.9 Å². The summed E-state index contributed by atoms with van der Waals surface area (Å²) in [6, 6.07) is 8.61. The second-order valence-corrected chi connectivity index (χ2v) is 9.93. The molecule has 0 aliphatic heterocycles. The molecule has 0 amide bonds. The van der Waals surface area contributed by atoms with E-state index in [0.29, 0.717) is 12.0 Å². The van der Waals surface area contributed by atoms with Crippen LogP contribution in [0.4, 0.5) is 0 Å². The van der Waals surface area contributed by atoms with Gasteiger partial charge in [0, 0.05) is 6.42 Å². The second-order valence-electron chi connectivity index (χ2n) is 9.93. The fourth-order valence-electron chi connectivity index (χ4n) is 3.88. The molecule has 35 heavy (non-hydrogen) atoms. The van der Waals surface area contributed by atoms with Crippen molar-refractivity contribution in [1.82, 2.24) is 0 Å². The fourth-order valence-corrected chi connectivity index (χ4v) is 3.88. The summed E-state index contributed by atoms with van der Waals surface area (Å²) in [5, 5.41) is 0. The molecule has 0 bridgehead atoms. The summed E-state index contributed by atoms with van der Waals surface area (Å²) in [7, 11) is 0. The predicted molar refractivity (Wildman–Crippen MR) is 146 cm³/mol. The molecule has 0 saturated carbocycles. The normalized spacial score (nSPS) is 11.1. The van der Waals surface area contributed by atoms with E-state index in [2.05, 4.69) is 6.92 Å². The number of rotatable bonds is 21. The van der Waals surface area contributed by atoms with Gasteiger partial charge in [-0.1, -0.05) is 115 Å². The number of hydrogen-bond donors (Lipinski definition) is 0. The zero-order valence-corrected chi connectivity index (χ0v) is 24.9. The van der Waals surface area contributed by atoms with Gasteiger partial charge in [0.15, 0.2) is 0 Å². The van der Waals surface area contributed by atoms with Crippen molar-refractivity contribution in [2.45, 2.75) is 129 Å². The van der Waals surface area contributed by atoms with E-state index in [4.69, 9.17) is 14.5 Å². The molecular formula is C29H50CaO5. The average molecular weight is 519 g/mol. The number of unbranched alkanes of at least 4 members (excludes halogenated alkanes) is 14. The van der Waals surface area contributed by atoms with Crippen LogP contribution in [0.25, 0.3) is 0 Å². The molecule has 0 radical (unpaired) electrons. The standard InChI is InChI=1S/C29H48O5.Ca.2H/c1-4-5-6-7-8-9-10-11-12-13-14-15-16-17-21-24-27(30)33-29(2,3)25-32-34-28(31)26-22-19-18-20-23-26;;;/h18-20,22-23H,4-17,21,24-25H2,1-3H3;;;/q;+2;2*-1. The van der Waals surface area contributed by atoms with E-state index >= 15 is 0 Å². The third-order valence-corrected chi connectivity index (χ3v) is 5.93. The average Bonchev–Trinajstić information content (AvgIpc) is 2.81. The molecule has 0 saturated heterocycles. The van der Waals surface area contributed by atoms with E-state index in [9.17, 15) is 9.59 Å². The molecule has 1 aromatic carbocycles. The van der Waals surface area contributed by atoms with Crippen LogP contribution in [-0.2, 0) is 19.3 Å². The Bertz CT molecular complexity index is 659. The van der Waals surface area contributed by atoms with Crippen molar-refractivity contribution >= 4 is 49.7 Å². The van der Waals surface area contributed by atoms with Gasteiger partial charge in [0.2, 0.25) is 0 Å². The van der Waals surface area contributed by atoms with Crippen molar-refractivity contribution < 1.29 is 27.0 Å². The van der Waals surface area contributed by atoms with Gasteiger partial charge in [-0.25, -0.2) is 4.79 Å². The van der Waals surface area contributed by atoms with Crippen LogP contribution in [0.1, 0.15) is 137 Å². The van der Waals surface area contributed by atoms with Crippen molar-refractivity contribution in [1.29, 1.82) is 0 Å². The Morgan fingerprint density at radius 3 is 1.69 bits per heavy atom. The summed E-state index contributed by atoms with van der Waals surface area (Å²) in [5.74, 6) is -0.807. The summed E-state index contributed by atoms with van der Waals surface area (Å²) < 4.78 is 5.49. The zero-order chi connectivity index (χ0) is 24.9. The molecule has 0 spiro atoms. The van der Waals surface area contributed by atoms with Gasteiger partial charge < -0.3 is 7.59 Å². The maximum absolute atomic E-state index is 12.1. The first-order chi connectivity index (χ1) is 16.4. The Morgan fingerprint density at radius 2 is 1.20 bits per heavy atom. The van der Waals surface area contributed by atoms with Crippen LogP contribution in [0.2, 0.25) is 0 Å². The molecule has 0 aromatic heterocycles. The van der Waals surface area contributed by atoms with Crippen LogP contribution in [0, 0.1) is 0 Å². The second kappa shape index (κ2) is 22.6. The van der Waals surface area contributed by atoms with Crippen LogP contribution in [0.5, 0.6) is 0 Å². The Labute approximate surface area is 247 Å². The van der Waals surface area contributed by atoms with E-state index < -0.39 is 11.6 Å². The summed E-state index contributed by atoms with van der Waals surface area (Å²) >= 11 is 0. The topological polar surface area (TPSA) is 61.8 Å². The SMILES string of the molecule is CCCCCCCCCCCCCCCCCC(=O)OC(C)(C)COOC(=O)c1ccccc1.[Ca+2].[H-].[H-]. The van der Waals surface area contributed by atoms with Gasteiger partial charge in [-0.15, -0.1) is 0 Å². The van der Waals surface area contributed by atoms with Crippen molar-refractivity contribution in [3.8, 4) is 0 Å². The van der Waals surface area contributed by atoms with Gasteiger partial charge in [0.25, 0.3) is 0 Å². The molecule has 0 fully saturated rings. The van der Waals surface area contributed by atoms with Gasteiger partial charge in [0.05, 0.1) is 5.56 Å². The Balaban J connectivity index is -0.00000385. The van der Waals surface area contributed by atoms with Gasteiger partial charge in [0.1, 0.15) is 12.2 Å². The minimum atomic E-state index is -0.858. The molecular weight excluding hydrogens is 468 g/mol. The summed E-state index contributed by atoms with van der Waals surface area (Å²) in [6.45, 7) is 5.74. The quantitative estimate of drug-likeness (QED) is 0.0539. The molecule has 0 unspecified atom stereocenters. The van der Waals surface area contributed by atoms with E-state index in [1.165, 1.54) is 83.5 Å². The molecule has 6 heteroatoms. The minimum Gasteiger partial charge on any atom is -1.00 e. The van der Waals surface area contributed by atoms with Crippen LogP contribution in [0.15, 0.2) is 30.3 Å². The van der Waals surface area contributed by atoms with Gasteiger partial charge in [-0.3, -0.25) is 9.68 Å². The summed E-state index contributed by atoms with van der Waals surface area (Å²) in [6.07, 6.45) is 19.9. The Kier molecular flexibility index (Phi) is 22.2. The monoisotopic (exact) mass is 518 g/mol. The number of esters is 1. The van der Waals surface area contributed by atoms with E-state index in [0.717, 1.165) is 12.8 Å². The molecule has 1 rings (SSSR count). The maximum atomic E-state index is 12.1. The van der Waals surface area contributed by atoms with Crippen molar-refractivity contribution in [2.24, 2.45) is 0 Å². The third kappa shape index (κ3) is 20.2. The smallest absolute Gasteiger partial charge is 1.00 e. The number of ether oxygens (including phenoxy) is 1. The molecule has 0 aliphatic rings. The number of carbonyl (C=O) groups is 2. The zero-order valence-electron chi connectivity index (χ0n) is 24.7. The number of hydrogen-bond acceptors (Lipinski definition) is 5. The van der Waals surface area contributed by atoms with Gasteiger partial charge in [-0.05, 0) is 32.4 Å². The molecule has 0 N–H and O–H groups in total. The fraction of sp³-hybridized carbons (Fsp3) is 0.724. The molecule has 0 aliphatic carbocycles. The predicted octanol–water partition coefficient (Wildman–Crippen LogP) is 8.20. The third-order valence-electron chi connectivity index (χ3n) is 5.93. The summed E-state index contributed by atoms with van der Waals surface area (Å²) in [5.41, 5.74) is -0.450. The largest absolute Gasteiger partial charge is 2.00 e. The van der Waals surface area contributed by atoms with Crippen LogP contribution in [0.3, 0.4) is 0 Å². The van der Waals surface area contributed by atoms with E-state index in [-0.39, 0.29) is 53.2 Å². The van der Waals surface area contributed by atoms with Crippen molar-refractivity contribution in [3.63, 3.8) is 0 Å². The molecule has 198 valence electrons. The molecule has 5 nitrogen and oxygen atoms in total.